The minimum Gasteiger partial charge on any atom is -0.303 e. The topological polar surface area (TPSA) is 34.1 Å². The van der Waals surface area contributed by atoms with Crippen LogP contribution in [0.5, 0.6) is 0 Å². The number of hydrogen-bond acceptors (Lipinski definition) is 2. The SMILES string of the molecule is C=CCC(=O)C=CCC=O. The molecular weight excluding hydrogens is 128 g/mol. The molecule has 0 aliphatic rings. The molecule has 0 aromatic carbocycles. The second kappa shape index (κ2) is 5.95. The third-order valence-corrected chi connectivity index (χ3v) is 0.882. The van der Waals surface area contributed by atoms with Crippen LogP contribution in [0.4, 0.5) is 0 Å². The number of carbonyl (C=O) groups excluding carboxylic acids is 2. The summed E-state index contributed by atoms with van der Waals surface area (Å²) in [4.78, 5) is 20.4. The number of carbonyl (C=O) groups is 2. The molecule has 0 saturated carbocycles. The minimum absolute atomic E-state index is 0.0168. The molecule has 0 atom stereocenters. The zero-order valence-corrected chi connectivity index (χ0v) is 5.75. The largest absolute Gasteiger partial charge is 0.303 e. The summed E-state index contributed by atoms with van der Waals surface area (Å²) in [6, 6.07) is 0. The van der Waals surface area contributed by atoms with Gasteiger partial charge in [-0.05, 0) is 6.08 Å². The molecular formula is C8H10O2. The number of ketones is 1. The maximum absolute atomic E-state index is 10.6. The van der Waals surface area contributed by atoms with Crippen LogP contribution >= 0.6 is 0 Å². The summed E-state index contributed by atoms with van der Waals surface area (Å²) in [5.74, 6) is -0.0168. The van der Waals surface area contributed by atoms with E-state index in [1.54, 1.807) is 6.08 Å². The molecule has 10 heavy (non-hydrogen) atoms. The highest BCUT2D eigenvalue weighted by molar-refractivity contribution is 5.90. The van der Waals surface area contributed by atoms with Crippen molar-refractivity contribution < 1.29 is 9.59 Å². The van der Waals surface area contributed by atoms with E-state index in [1.165, 1.54) is 12.2 Å². The van der Waals surface area contributed by atoms with E-state index >= 15 is 0 Å². The third-order valence-electron chi connectivity index (χ3n) is 0.882. The summed E-state index contributed by atoms with van der Waals surface area (Å²) in [7, 11) is 0. The van der Waals surface area contributed by atoms with Crippen LogP contribution in [0.15, 0.2) is 24.8 Å². The van der Waals surface area contributed by atoms with Gasteiger partial charge >= 0.3 is 0 Å². The highest BCUT2D eigenvalue weighted by Gasteiger charge is 1.88. The fourth-order valence-electron chi connectivity index (χ4n) is 0.465. The zero-order valence-electron chi connectivity index (χ0n) is 5.75. The molecule has 2 heteroatoms. The molecule has 2 nitrogen and oxygen atoms in total. The summed E-state index contributed by atoms with van der Waals surface area (Å²) in [5, 5.41) is 0. The summed E-state index contributed by atoms with van der Waals surface area (Å²) in [6.07, 6.45) is 5.87. The predicted octanol–water partition coefficient (Wildman–Crippen LogP) is 1.28. The first kappa shape index (κ1) is 8.82. The van der Waals surface area contributed by atoms with Crippen molar-refractivity contribution in [3.63, 3.8) is 0 Å². The lowest BCUT2D eigenvalue weighted by Gasteiger charge is -1.82. The van der Waals surface area contributed by atoms with Crippen LogP contribution in [0.3, 0.4) is 0 Å². The summed E-state index contributed by atoms with van der Waals surface area (Å²) >= 11 is 0. The van der Waals surface area contributed by atoms with E-state index in [1.807, 2.05) is 0 Å². The number of allylic oxidation sites excluding steroid dienone is 3. The van der Waals surface area contributed by atoms with Crippen molar-refractivity contribution in [2.24, 2.45) is 0 Å². The molecule has 0 aromatic heterocycles. The standard InChI is InChI=1S/C8H10O2/c1-2-5-8(10)6-3-4-7-9/h2-3,6-7H,1,4-5H2. The van der Waals surface area contributed by atoms with Crippen LogP contribution in [0.25, 0.3) is 0 Å². The summed E-state index contributed by atoms with van der Waals surface area (Å²) in [6.45, 7) is 3.40. The average molecular weight is 138 g/mol. The van der Waals surface area contributed by atoms with Gasteiger partial charge < -0.3 is 4.79 Å². The van der Waals surface area contributed by atoms with Gasteiger partial charge in [-0.2, -0.15) is 0 Å². The fourth-order valence-corrected chi connectivity index (χ4v) is 0.465. The molecule has 0 heterocycles. The van der Waals surface area contributed by atoms with Crippen molar-refractivity contribution in [2.75, 3.05) is 0 Å². The van der Waals surface area contributed by atoms with Gasteiger partial charge in [-0.25, -0.2) is 0 Å². The van der Waals surface area contributed by atoms with Gasteiger partial charge in [0.2, 0.25) is 0 Å². The molecule has 0 amide bonds. The molecule has 0 fully saturated rings. The third kappa shape index (κ3) is 4.97. The van der Waals surface area contributed by atoms with E-state index in [2.05, 4.69) is 6.58 Å². The number of aldehydes is 1. The Balaban J connectivity index is 3.54. The molecule has 0 bridgehead atoms. The molecule has 0 aliphatic carbocycles. The van der Waals surface area contributed by atoms with Crippen molar-refractivity contribution in [1.82, 2.24) is 0 Å². The molecule has 0 aliphatic heterocycles. The molecule has 0 radical (unpaired) electrons. The average Bonchev–Trinajstić information content (AvgIpc) is 1.89. The lowest BCUT2D eigenvalue weighted by atomic mass is 10.2. The Bertz CT molecular complexity index is 157. The van der Waals surface area contributed by atoms with Gasteiger partial charge in [0.1, 0.15) is 6.29 Å². The van der Waals surface area contributed by atoms with E-state index in [0.29, 0.717) is 12.8 Å². The zero-order chi connectivity index (χ0) is 7.82. The molecule has 0 spiro atoms. The van der Waals surface area contributed by atoms with Crippen molar-refractivity contribution in [1.29, 1.82) is 0 Å². The van der Waals surface area contributed by atoms with Gasteiger partial charge in [0, 0.05) is 12.8 Å². The molecule has 54 valence electrons. The maximum Gasteiger partial charge on any atom is 0.159 e. The lowest BCUT2D eigenvalue weighted by molar-refractivity contribution is -0.113. The van der Waals surface area contributed by atoms with Crippen LogP contribution in [0, 0.1) is 0 Å². The van der Waals surface area contributed by atoms with Crippen LogP contribution in [-0.4, -0.2) is 12.1 Å². The van der Waals surface area contributed by atoms with Crippen LogP contribution in [-0.2, 0) is 9.59 Å². The fraction of sp³-hybridized carbons (Fsp3) is 0.250. The quantitative estimate of drug-likeness (QED) is 0.326. The summed E-state index contributed by atoms with van der Waals surface area (Å²) in [5.41, 5.74) is 0. The number of rotatable bonds is 5. The second-order valence-corrected chi connectivity index (χ2v) is 1.76. The lowest BCUT2D eigenvalue weighted by Crippen LogP contribution is -1.87. The first-order valence-corrected chi connectivity index (χ1v) is 3.05. The van der Waals surface area contributed by atoms with E-state index in [9.17, 15) is 9.59 Å². The van der Waals surface area contributed by atoms with E-state index in [4.69, 9.17) is 0 Å². The second-order valence-electron chi connectivity index (χ2n) is 1.76. The molecule has 0 aromatic rings. The predicted molar refractivity (Wildman–Crippen MR) is 39.6 cm³/mol. The van der Waals surface area contributed by atoms with Crippen LogP contribution in [0.1, 0.15) is 12.8 Å². The Morgan fingerprint density at radius 3 is 2.70 bits per heavy atom. The first-order valence-electron chi connectivity index (χ1n) is 3.05. The van der Waals surface area contributed by atoms with Crippen molar-refractivity contribution in [3.8, 4) is 0 Å². The summed E-state index contributed by atoms with van der Waals surface area (Å²) < 4.78 is 0. The van der Waals surface area contributed by atoms with Crippen LogP contribution < -0.4 is 0 Å². The van der Waals surface area contributed by atoms with Gasteiger partial charge in [-0.1, -0.05) is 12.2 Å². The Labute approximate surface area is 60.2 Å². The van der Waals surface area contributed by atoms with Crippen molar-refractivity contribution in [2.45, 2.75) is 12.8 Å². The number of hydrogen-bond donors (Lipinski definition) is 0. The van der Waals surface area contributed by atoms with Crippen LogP contribution in [0.2, 0.25) is 0 Å². The Hall–Kier alpha value is -1.18. The van der Waals surface area contributed by atoms with Gasteiger partial charge in [-0.3, -0.25) is 4.79 Å². The maximum atomic E-state index is 10.6. The Morgan fingerprint density at radius 2 is 2.20 bits per heavy atom. The Kier molecular flexibility index (Phi) is 5.25. The Morgan fingerprint density at radius 1 is 1.50 bits per heavy atom. The van der Waals surface area contributed by atoms with Gasteiger partial charge in [-0.15, -0.1) is 6.58 Å². The smallest absolute Gasteiger partial charge is 0.159 e. The minimum atomic E-state index is -0.0168. The van der Waals surface area contributed by atoms with E-state index in [0.717, 1.165) is 6.29 Å². The highest BCUT2D eigenvalue weighted by Crippen LogP contribution is 1.86. The van der Waals surface area contributed by atoms with Gasteiger partial charge in [0.25, 0.3) is 0 Å². The van der Waals surface area contributed by atoms with Gasteiger partial charge in [0.15, 0.2) is 5.78 Å². The van der Waals surface area contributed by atoms with Gasteiger partial charge in [0.05, 0.1) is 0 Å². The van der Waals surface area contributed by atoms with Crippen molar-refractivity contribution in [3.05, 3.63) is 24.8 Å². The normalized spacial score (nSPS) is 9.60. The molecule has 0 saturated heterocycles. The molecule has 0 N–H and O–H groups in total. The van der Waals surface area contributed by atoms with E-state index in [-0.39, 0.29) is 5.78 Å². The van der Waals surface area contributed by atoms with E-state index < -0.39 is 0 Å². The first-order chi connectivity index (χ1) is 4.81. The molecule has 0 unspecified atom stereocenters. The monoisotopic (exact) mass is 138 g/mol. The highest BCUT2D eigenvalue weighted by atomic mass is 16.1. The van der Waals surface area contributed by atoms with Crippen molar-refractivity contribution >= 4 is 12.1 Å². The molecule has 0 rings (SSSR count).